The maximum Gasteiger partial charge on any atom is 0.508 e. The van der Waals surface area contributed by atoms with Crippen molar-refractivity contribution in [3.8, 4) is 0 Å². The number of ether oxygens (including phenoxy) is 6. The lowest BCUT2D eigenvalue weighted by Gasteiger charge is -2.40. The van der Waals surface area contributed by atoms with Crippen LogP contribution in [0.15, 0.2) is 30.3 Å². The maximum atomic E-state index is 12.3. The number of piperidine rings is 1. The number of nitrogens with zero attached hydrogens (tertiary/aromatic N) is 1. The Kier molecular flexibility index (Phi) is 7.32. The third-order valence-electron chi connectivity index (χ3n) is 6.50. The van der Waals surface area contributed by atoms with Crippen molar-refractivity contribution in [1.82, 2.24) is 10.2 Å². The Morgan fingerprint density at radius 1 is 1.12 bits per heavy atom. The fourth-order valence-electron chi connectivity index (χ4n) is 4.61. The van der Waals surface area contributed by atoms with Gasteiger partial charge in [-0.15, -0.1) is 0 Å². The summed E-state index contributed by atoms with van der Waals surface area (Å²) in [6.07, 6.45) is -1.89. The van der Waals surface area contributed by atoms with Crippen molar-refractivity contribution in [1.29, 1.82) is 0 Å². The molecule has 0 unspecified atom stereocenters. The molecule has 1 N–H and O–H groups in total. The lowest BCUT2D eigenvalue weighted by Crippen LogP contribution is -2.55. The lowest BCUT2D eigenvalue weighted by molar-refractivity contribution is -0.217. The predicted octanol–water partition coefficient (Wildman–Crippen LogP) is 2.80. The molecule has 0 aromatic heterocycles. The largest absolute Gasteiger partial charge is 0.508 e. The van der Waals surface area contributed by atoms with Gasteiger partial charge in [-0.1, -0.05) is 30.3 Å². The summed E-state index contributed by atoms with van der Waals surface area (Å²) in [5, 5.41) is 3.02. The monoisotopic (exact) mass is 478 g/mol. The van der Waals surface area contributed by atoms with Crippen molar-refractivity contribution in [2.24, 2.45) is 0 Å². The average molecular weight is 479 g/mol. The van der Waals surface area contributed by atoms with Crippen LogP contribution in [0.4, 0.5) is 9.59 Å². The molecule has 3 heterocycles. The van der Waals surface area contributed by atoms with Crippen LogP contribution in [0.5, 0.6) is 0 Å². The van der Waals surface area contributed by atoms with E-state index in [4.69, 9.17) is 23.7 Å². The highest BCUT2D eigenvalue weighted by Crippen LogP contribution is 2.39. The van der Waals surface area contributed by atoms with E-state index in [0.717, 1.165) is 31.5 Å². The normalized spacial score (nSPS) is 29.8. The van der Waals surface area contributed by atoms with Gasteiger partial charge in [0.05, 0.1) is 7.11 Å². The number of amides is 1. The van der Waals surface area contributed by atoms with Crippen LogP contribution < -0.4 is 5.32 Å². The fourth-order valence-corrected chi connectivity index (χ4v) is 4.61. The number of alkyl carbamates (subject to hydrolysis) is 1. The molecule has 0 bridgehead atoms. The number of methoxy groups -OCH3 is 1. The zero-order chi connectivity index (χ0) is 24.3. The van der Waals surface area contributed by atoms with Crippen LogP contribution >= 0.6 is 0 Å². The first-order chi connectivity index (χ1) is 16.2. The number of carbonyl (C=O) groups is 2. The summed E-state index contributed by atoms with van der Waals surface area (Å²) < 4.78 is 33.3. The first kappa shape index (κ1) is 24.7. The number of benzene rings is 1. The Hall–Kier alpha value is -2.40. The average Bonchev–Trinajstić information content (AvgIpc) is 3.26. The van der Waals surface area contributed by atoms with Crippen LogP contribution in [0, 0.1) is 0 Å². The molecule has 3 aliphatic heterocycles. The third kappa shape index (κ3) is 5.99. The predicted molar refractivity (Wildman–Crippen MR) is 120 cm³/mol. The summed E-state index contributed by atoms with van der Waals surface area (Å²) in [6.45, 7) is 7.86. The molecule has 4 rings (SSSR count). The second-order valence-corrected chi connectivity index (χ2v) is 9.73. The Morgan fingerprint density at radius 2 is 1.82 bits per heavy atom. The van der Waals surface area contributed by atoms with Gasteiger partial charge >= 0.3 is 12.2 Å². The van der Waals surface area contributed by atoms with Crippen LogP contribution in [0.1, 0.15) is 39.2 Å². The van der Waals surface area contributed by atoms with E-state index in [0.29, 0.717) is 6.54 Å². The first-order valence-electron chi connectivity index (χ1n) is 11.6. The number of carbonyl (C=O) groups excluding carboxylic acids is 2. The number of fused-ring (bicyclic) bond motifs is 1. The second-order valence-electron chi connectivity index (χ2n) is 9.73. The molecule has 3 saturated heterocycles. The summed E-state index contributed by atoms with van der Waals surface area (Å²) in [4.78, 5) is 26.4. The van der Waals surface area contributed by atoms with Gasteiger partial charge in [-0.05, 0) is 39.2 Å². The molecule has 3 aliphatic rings. The van der Waals surface area contributed by atoms with E-state index in [-0.39, 0.29) is 12.1 Å². The maximum absolute atomic E-state index is 12.3. The number of hydrogen-bond donors (Lipinski definition) is 1. The summed E-state index contributed by atoms with van der Waals surface area (Å²) in [6, 6.07) is 9.58. The summed E-state index contributed by atoms with van der Waals surface area (Å²) in [7, 11) is 1.27. The molecule has 0 aliphatic carbocycles. The Bertz CT molecular complexity index is 856. The standard InChI is InChI=1S/C24H34N2O8/c1-23(2)33-19-18(32-22(28)29-4)17(31-20(19)34-23)14-26-12-10-24(3,11-13-26)25-21(27)30-15-16-8-6-5-7-9-16/h5-9,17-20H,10-15H2,1-4H3,(H,25,27)/t17-,18-,19-,20-/m1/s1. The highest BCUT2D eigenvalue weighted by Gasteiger charge is 2.57. The van der Waals surface area contributed by atoms with Crippen LogP contribution in [0.2, 0.25) is 0 Å². The SMILES string of the molecule is COC(=O)O[C@H]1[C@H]2OC(C)(C)O[C@H]2O[C@@H]1CN1CCC(C)(NC(=O)OCc2ccccc2)CC1. The zero-order valence-corrected chi connectivity index (χ0v) is 20.2. The summed E-state index contributed by atoms with van der Waals surface area (Å²) in [5.74, 6) is -0.814. The van der Waals surface area contributed by atoms with Crippen LogP contribution in [0.3, 0.4) is 0 Å². The lowest BCUT2D eigenvalue weighted by atomic mass is 9.89. The van der Waals surface area contributed by atoms with Crippen LogP contribution in [0.25, 0.3) is 0 Å². The Morgan fingerprint density at radius 3 is 2.50 bits per heavy atom. The molecule has 1 aromatic carbocycles. The number of nitrogens with one attached hydrogen (secondary N) is 1. The van der Waals surface area contributed by atoms with Crippen LogP contribution in [-0.2, 0) is 35.0 Å². The van der Waals surface area contributed by atoms with Gasteiger partial charge in [-0.3, -0.25) is 0 Å². The second kappa shape index (κ2) is 10.1. The number of likely N-dealkylation sites (tertiary alicyclic amines) is 1. The minimum Gasteiger partial charge on any atom is -0.445 e. The molecule has 1 aromatic rings. The molecular formula is C24H34N2O8. The summed E-state index contributed by atoms with van der Waals surface area (Å²) in [5.41, 5.74) is 0.578. The molecule has 0 spiro atoms. The van der Waals surface area contributed by atoms with Crippen molar-refractivity contribution in [2.75, 3.05) is 26.7 Å². The molecule has 34 heavy (non-hydrogen) atoms. The van der Waals surface area contributed by atoms with Gasteiger partial charge in [-0.2, -0.15) is 0 Å². The van der Waals surface area contributed by atoms with Crippen molar-refractivity contribution in [2.45, 2.75) is 76.1 Å². The molecule has 1 amide bonds. The third-order valence-corrected chi connectivity index (χ3v) is 6.50. The molecule has 0 saturated carbocycles. The first-order valence-corrected chi connectivity index (χ1v) is 11.6. The molecule has 4 atom stereocenters. The van der Waals surface area contributed by atoms with Gasteiger partial charge in [0.25, 0.3) is 0 Å². The van der Waals surface area contributed by atoms with E-state index in [2.05, 4.69) is 15.0 Å². The molecule has 10 heteroatoms. The van der Waals surface area contributed by atoms with Crippen molar-refractivity contribution < 1.29 is 38.0 Å². The van der Waals surface area contributed by atoms with Crippen molar-refractivity contribution in [3.05, 3.63) is 35.9 Å². The molecule has 3 fully saturated rings. The summed E-state index contributed by atoms with van der Waals surface area (Å²) >= 11 is 0. The van der Waals surface area contributed by atoms with Gasteiger partial charge in [0, 0.05) is 25.2 Å². The molecule has 188 valence electrons. The van der Waals surface area contributed by atoms with Gasteiger partial charge in [0.1, 0.15) is 12.7 Å². The Balaban J connectivity index is 1.27. The van der Waals surface area contributed by atoms with E-state index in [1.54, 1.807) is 13.8 Å². The molecule has 10 nitrogen and oxygen atoms in total. The van der Waals surface area contributed by atoms with E-state index in [9.17, 15) is 9.59 Å². The number of rotatable bonds is 6. The molecular weight excluding hydrogens is 444 g/mol. The topological polar surface area (TPSA) is 105 Å². The Labute approximate surface area is 199 Å². The van der Waals surface area contributed by atoms with Crippen molar-refractivity contribution in [3.63, 3.8) is 0 Å². The highest BCUT2D eigenvalue weighted by molar-refractivity contribution is 5.68. The van der Waals surface area contributed by atoms with Crippen molar-refractivity contribution >= 4 is 12.2 Å². The van der Waals surface area contributed by atoms with E-state index in [1.807, 2.05) is 37.3 Å². The zero-order valence-electron chi connectivity index (χ0n) is 20.2. The van der Waals surface area contributed by atoms with Gasteiger partial charge < -0.3 is 38.6 Å². The quantitative estimate of drug-likeness (QED) is 0.618. The minimum absolute atomic E-state index is 0.235. The van der Waals surface area contributed by atoms with Gasteiger partial charge in [-0.25, -0.2) is 9.59 Å². The van der Waals surface area contributed by atoms with E-state index in [1.165, 1.54) is 7.11 Å². The van der Waals surface area contributed by atoms with Crippen LogP contribution in [-0.4, -0.2) is 79.8 Å². The number of hydrogen-bond acceptors (Lipinski definition) is 9. The smallest absolute Gasteiger partial charge is 0.445 e. The van der Waals surface area contributed by atoms with E-state index >= 15 is 0 Å². The fraction of sp³-hybridized carbons (Fsp3) is 0.667. The highest BCUT2D eigenvalue weighted by atomic mass is 16.8. The minimum atomic E-state index is -0.814. The van der Waals surface area contributed by atoms with Gasteiger partial charge in [0.2, 0.25) is 0 Å². The van der Waals surface area contributed by atoms with E-state index < -0.39 is 42.6 Å². The van der Waals surface area contributed by atoms with Gasteiger partial charge in [0.15, 0.2) is 24.3 Å². The molecule has 0 radical (unpaired) electrons.